The molecule has 0 spiro atoms. The van der Waals surface area contributed by atoms with E-state index in [4.69, 9.17) is 0 Å². The van der Waals surface area contributed by atoms with Crippen LogP contribution in [0.4, 0.5) is 0 Å². The fourth-order valence-electron chi connectivity index (χ4n) is 3.09. The minimum atomic E-state index is 0.247. The molecule has 0 bridgehead atoms. The number of likely N-dealkylation sites (N-methyl/N-ethyl adjacent to an activating group) is 1. The number of benzene rings is 1. The van der Waals surface area contributed by atoms with E-state index in [0.717, 1.165) is 23.6 Å². The first kappa shape index (κ1) is 14.3. The van der Waals surface area contributed by atoms with Gasteiger partial charge in [-0.15, -0.1) is 0 Å². The van der Waals surface area contributed by atoms with Gasteiger partial charge in [-0.1, -0.05) is 43.5 Å². The van der Waals surface area contributed by atoms with E-state index in [0.29, 0.717) is 6.54 Å². The average Bonchev–Trinajstić information content (AvgIpc) is 2.40. The maximum absolute atomic E-state index is 12.3. The summed E-state index contributed by atoms with van der Waals surface area (Å²) in [6, 6.07) is 7.87. The molecule has 1 saturated carbocycles. The normalized spacial score (nSPS) is 16.8. The first-order valence-electron chi connectivity index (χ1n) is 7.44. The topological polar surface area (TPSA) is 20.3 Å². The van der Waals surface area contributed by atoms with Crippen molar-refractivity contribution in [3.8, 4) is 0 Å². The zero-order chi connectivity index (χ0) is 13.7. The number of nitrogens with zero attached hydrogens (tertiary/aromatic N) is 1. The highest BCUT2D eigenvalue weighted by Crippen LogP contribution is 2.24. The molecule has 0 aromatic heterocycles. The number of hydrogen-bond acceptors (Lipinski definition) is 2. The van der Waals surface area contributed by atoms with Crippen LogP contribution in [0.15, 0.2) is 24.3 Å². The Kier molecular flexibility index (Phi) is 5.15. The van der Waals surface area contributed by atoms with Gasteiger partial charge in [0.05, 0.1) is 6.54 Å². The molecule has 0 atom stereocenters. The molecule has 104 valence electrons. The molecule has 2 heteroatoms. The van der Waals surface area contributed by atoms with Gasteiger partial charge in [-0.25, -0.2) is 0 Å². The summed E-state index contributed by atoms with van der Waals surface area (Å²) in [6.07, 6.45) is 6.79. The second-order valence-corrected chi connectivity index (χ2v) is 5.94. The number of aryl methyl sites for hydroxylation is 1. The molecule has 0 saturated heterocycles. The monoisotopic (exact) mass is 259 g/mol. The van der Waals surface area contributed by atoms with Crippen molar-refractivity contribution in [2.24, 2.45) is 5.92 Å². The molecule has 0 amide bonds. The summed E-state index contributed by atoms with van der Waals surface area (Å²) in [6.45, 7) is 3.62. The minimum absolute atomic E-state index is 0.247. The van der Waals surface area contributed by atoms with Gasteiger partial charge in [0.25, 0.3) is 0 Å². The van der Waals surface area contributed by atoms with Crippen molar-refractivity contribution in [3.63, 3.8) is 0 Å². The SMILES string of the molecule is Cc1ccccc1C(=O)CN(C)CC1CCCCC1. The lowest BCUT2D eigenvalue weighted by Gasteiger charge is -2.26. The van der Waals surface area contributed by atoms with Crippen molar-refractivity contribution < 1.29 is 4.79 Å². The van der Waals surface area contributed by atoms with E-state index in [1.54, 1.807) is 0 Å². The maximum atomic E-state index is 12.3. The van der Waals surface area contributed by atoms with Gasteiger partial charge in [-0.2, -0.15) is 0 Å². The Morgan fingerprint density at radius 2 is 1.89 bits per heavy atom. The Morgan fingerprint density at radius 1 is 1.21 bits per heavy atom. The number of carbonyl (C=O) groups excluding carboxylic acids is 1. The van der Waals surface area contributed by atoms with E-state index < -0.39 is 0 Å². The summed E-state index contributed by atoms with van der Waals surface area (Å²) in [5, 5.41) is 0. The number of hydrogen-bond donors (Lipinski definition) is 0. The Bertz CT molecular complexity index is 421. The van der Waals surface area contributed by atoms with Crippen LogP contribution in [-0.2, 0) is 0 Å². The van der Waals surface area contributed by atoms with Crippen LogP contribution in [0.3, 0.4) is 0 Å². The predicted molar refractivity (Wildman–Crippen MR) is 79.6 cm³/mol. The molecule has 1 aliphatic carbocycles. The largest absolute Gasteiger partial charge is 0.299 e. The predicted octanol–water partition coefficient (Wildman–Crippen LogP) is 3.69. The highest BCUT2D eigenvalue weighted by molar-refractivity contribution is 5.98. The molecule has 1 aromatic carbocycles. The van der Waals surface area contributed by atoms with Gasteiger partial charge < -0.3 is 0 Å². The molecule has 0 unspecified atom stereocenters. The smallest absolute Gasteiger partial charge is 0.177 e. The lowest BCUT2D eigenvalue weighted by molar-refractivity contribution is 0.0931. The van der Waals surface area contributed by atoms with Crippen molar-refractivity contribution in [2.75, 3.05) is 20.1 Å². The molecule has 2 nitrogen and oxygen atoms in total. The second kappa shape index (κ2) is 6.85. The first-order valence-corrected chi connectivity index (χ1v) is 7.44. The van der Waals surface area contributed by atoms with E-state index in [-0.39, 0.29) is 5.78 Å². The summed E-state index contributed by atoms with van der Waals surface area (Å²) >= 11 is 0. The summed E-state index contributed by atoms with van der Waals surface area (Å²) in [5.74, 6) is 1.04. The lowest BCUT2D eigenvalue weighted by Crippen LogP contribution is -2.32. The van der Waals surface area contributed by atoms with Crippen molar-refractivity contribution in [1.29, 1.82) is 0 Å². The van der Waals surface area contributed by atoms with E-state index >= 15 is 0 Å². The molecule has 0 radical (unpaired) electrons. The molecule has 1 fully saturated rings. The van der Waals surface area contributed by atoms with Gasteiger partial charge in [-0.3, -0.25) is 9.69 Å². The van der Waals surface area contributed by atoms with Crippen LogP contribution in [0.5, 0.6) is 0 Å². The van der Waals surface area contributed by atoms with E-state index in [1.165, 1.54) is 32.1 Å². The van der Waals surface area contributed by atoms with E-state index in [9.17, 15) is 4.79 Å². The van der Waals surface area contributed by atoms with Gasteiger partial charge in [0.1, 0.15) is 0 Å². The van der Waals surface area contributed by atoms with Crippen LogP contribution >= 0.6 is 0 Å². The first-order chi connectivity index (χ1) is 9.16. The second-order valence-electron chi connectivity index (χ2n) is 5.94. The van der Waals surface area contributed by atoms with E-state index in [1.807, 2.05) is 31.2 Å². The fraction of sp³-hybridized carbons (Fsp3) is 0.588. The van der Waals surface area contributed by atoms with Crippen LogP contribution in [0.1, 0.15) is 48.0 Å². The molecule has 0 N–H and O–H groups in total. The molecule has 0 heterocycles. The van der Waals surface area contributed by atoms with Crippen molar-refractivity contribution >= 4 is 5.78 Å². The van der Waals surface area contributed by atoms with Gasteiger partial charge in [0.15, 0.2) is 5.78 Å². The third kappa shape index (κ3) is 4.17. The molecule has 1 aromatic rings. The Hall–Kier alpha value is -1.15. The summed E-state index contributed by atoms with van der Waals surface area (Å²) < 4.78 is 0. The Morgan fingerprint density at radius 3 is 2.58 bits per heavy atom. The Labute approximate surface area is 116 Å². The maximum Gasteiger partial charge on any atom is 0.177 e. The number of ketones is 1. The highest BCUT2D eigenvalue weighted by atomic mass is 16.1. The van der Waals surface area contributed by atoms with Crippen molar-refractivity contribution in [3.05, 3.63) is 35.4 Å². The van der Waals surface area contributed by atoms with Crippen LogP contribution < -0.4 is 0 Å². The fourth-order valence-corrected chi connectivity index (χ4v) is 3.09. The van der Waals surface area contributed by atoms with Gasteiger partial charge in [0.2, 0.25) is 0 Å². The number of carbonyl (C=O) groups is 1. The van der Waals surface area contributed by atoms with Crippen molar-refractivity contribution in [1.82, 2.24) is 4.90 Å². The van der Waals surface area contributed by atoms with Crippen molar-refractivity contribution in [2.45, 2.75) is 39.0 Å². The zero-order valence-corrected chi connectivity index (χ0v) is 12.2. The number of rotatable bonds is 5. The minimum Gasteiger partial charge on any atom is -0.299 e. The van der Waals surface area contributed by atoms with Gasteiger partial charge >= 0.3 is 0 Å². The molecule has 1 aliphatic rings. The Balaban J connectivity index is 1.86. The lowest BCUT2D eigenvalue weighted by atomic mass is 9.89. The average molecular weight is 259 g/mol. The van der Waals surface area contributed by atoms with Crippen LogP contribution in [-0.4, -0.2) is 30.8 Å². The van der Waals surface area contributed by atoms with Gasteiger partial charge in [-0.05, 0) is 38.3 Å². The summed E-state index contributed by atoms with van der Waals surface area (Å²) in [7, 11) is 2.07. The highest BCUT2D eigenvalue weighted by Gasteiger charge is 2.17. The van der Waals surface area contributed by atoms with E-state index in [2.05, 4.69) is 11.9 Å². The van der Waals surface area contributed by atoms with Crippen LogP contribution in [0.2, 0.25) is 0 Å². The van der Waals surface area contributed by atoms with Crippen LogP contribution in [0, 0.1) is 12.8 Å². The standard InChI is InChI=1S/C17H25NO/c1-14-8-6-7-11-16(14)17(19)13-18(2)12-15-9-4-3-5-10-15/h6-8,11,15H,3-5,9-10,12-13H2,1-2H3. The quantitative estimate of drug-likeness (QED) is 0.752. The van der Waals surface area contributed by atoms with Gasteiger partial charge in [0, 0.05) is 12.1 Å². The summed E-state index contributed by atoms with van der Waals surface area (Å²) in [4.78, 5) is 14.5. The molecular weight excluding hydrogens is 234 g/mol. The van der Waals surface area contributed by atoms with Crippen LogP contribution in [0.25, 0.3) is 0 Å². The number of Topliss-reactive ketones (excluding diaryl/α,β-unsaturated/α-hetero) is 1. The molecule has 2 rings (SSSR count). The third-order valence-corrected chi connectivity index (χ3v) is 4.15. The summed E-state index contributed by atoms with van der Waals surface area (Å²) in [5.41, 5.74) is 1.96. The molecular formula is C17H25NO. The zero-order valence-electron chi connectivity index (χ0n) is 12.2. The molecule has 19 heavy (non-hydrogen) atoms. The third-order valence-electron chi connectivity index (χ3n) is 4.15. The molecule has 0 aliphatic heterocycles.